The van der Waals surface area contributed by atoms with E-state index in [1.54, 1.807) is 60.7 Å². The van der Waals surface area contributed by atoms with E-state index in [9.17, 15) is 14.4 Å². The molecule has 0 radical (unpaired) electrons. The summed E-state index contributed by atoms with van der Waals surface area (Å²) in [5, 5.41) is 2.87. The number of nitrogens with one attached hydrogen (secondary N) is 1. The fourth-order valence-electron chi connectivity index (χ4n) is 4.42. The Morgan fingerprint density at radius 2 is 1.35 bits per heavy atom. The monoisotopic (exact) mass is 570 g/mol. The Bertz CT molecular complexity index is 1630. The average molecular weight is 571 g/mol. The fourth-order valence-corrected chi connectivity index (χ4v) is 4.86. The molecule has 0 aromatic heterocycles. The predicted molar refractivity (Wildman–Crippen MR) is 157 cm³/mol. The van der Waals surface area contributed by atoms with Crippen LogP contribution in [-0.2, 0) is 15.0 Å². The molecule has 0 spiro atoms. The van der Waals surface area contributed by atoms with Gasteiger partial charge in [-0.2, -0.15) is 0 Å². The minimum absolute atomic E-state index is 0.0829. The molecule has 1 N–H and O–H groups in total. The van der Waals surface area contributed by atoms with Crippen LogP contribution in [0.1, 0.15) is 35.3 Å². The van der Waals surface area contributed by atoms with Crippen molar-refractivity contribution in [2.45, 2.75) is 19.3 Å². The summed E-state index contributed by atoms with van der Waals surface area (Å²) < 4.78 is 5.56. The summed E-state index contributed by atoms with van der Waals surface area (Å²) in [6.45, 7) is 4.29. The van der Waals surface area contributed by atoms with Crippen molar-refractivity contribution in [3.63, 3.8) is 0 Å². The third-order valence-corrected chi connectivity index (χ3v) is 7.46. The Hall–Kier alpha value is -4.39. The molecule has 0 saturated carbocycles. The van der Waals surface area contributed by atoms with Gasteiger partial charge in [0.15, 0.2) is 0 Å². The van der Waals surface area contributed by atoms with Gasteiger partial charge in [0, 0.05) is 11.1 Å². The summed E-state index contributed by atoms with van der Waals surface area (Å²) in [5.41, 5.74) is 3.00. The van der Waals surface area contributed by atoms with Crippen molar-refractivity contribution < 1.29 is 19.1 Å². The van der Waals surface area contributed by atoms with Crippen molar-refractivity contribution >= 4 is 52.4 Å². The second-order valence-electron chi connectivity index (χ2n) is 9.69. The van der Waals surface area contributed by atoms with Gasteiger partial charge in [-0.15, -0.1) is 0 Å². The number of halogens is 2. The van der Waals surface area contributed by atoms with E-state index in [1.807, 2.05) is 30.3 Å². The van der Waals surface area contributed by atoms with Crippen LogP contribution < -0.4 is 15.0 Å². The third kappa shape index (κ3) is 5.24. The number of carbonyl (C=O) groups excluding carboxylic acids is 3. The number of carbonyl (C=O) groups is 3. The Morgan fingerprint density at radius 3 is 2.00 bits per heavy atom. The van der Waals surface area contributed by atoms with Crippen molar-refractivity contribution in [1.82, 2.24) is 0 Å². The molecule has 200 valence electrons. The second-order valence-corrected chi connectivity index (χ2v) is 10.5. The van der Waals surface area contributed by atoms with E-state index >= 15 is 0 Å². The van der Waals surface area contributed by atoms with Crippen LogP contribution in [0.4, 0.5) is 11.4 Å². The molecule has 1 aliphatic rings. The lowest BCUT2D eigenvalue weighted by Crippen LogP contribution is -2.32. The number of hydrogen-bond acceptors (Lipinski definition) is 5. The summed E-state index contributed by atoms with van der Waals surface area (Å²) in [5.74, 6) is -1.42. The first-order chi connectivity index (χ1) is 19.2. The van der Waals surface area contributed by atoms with E-state index in [4.69, 9.17) is 27.9 Å². The third-order valence-electron chi connectivity index (χ3n) is 6.79. The summed E-state index contributed by atoms with van der Waals surface area (Å²) in [4.78, 5) is 39.4. The molecule has 0 atom stereocenters. The van der Waals surface area contributed by atoms with Gasteiger partial charge in [0.1, 0.15) is 16.5 Å². The highest BCUT2D eigenvalue weighted by atomic mass is 35.5. The van der Waals surface area contributed by atoms with Crippen molar-refractivity contribution in [2.24, 2.45) is 0 Å². The molecular formula is C32H24Cl2N2O4. The maximum Gasteiger partial charge on any atom is 0.343 e. The largest absolute Gasteiger partial charge is 0.423 e. The van der Waals surface area contributed by atoms with Crippen LogP contribution in [0.25, 0.3) is 0 Å². The molecule has 0 unspecified atom stereocenters. The molecule has 1 aliphatic heterocycles. The van der Waals surface area contributed by atoms with Gasteiger partial charge in [-0.05, 0) is 59.7 Å². The van der Waals surface area contributed by atoms with Gasteiger partial charge >= 0.3 is 5.97 Å². The van der Waals surface area contributed by atoms with Gasteiger partial charge in [-0.1, -0.05) is 91.6 Å². The molecule has 1 heterocycles. The van der Waals surface area contributed by atoms with Crippen molar-refractivity contribution in [1.29, 1.82) is 0 Å². The van der Waals surface area contributed by atoms with Crippen LogP contribution in [0.15, 0.2) is 114 Å². The molecule has 8 heteroatoms. The molecule has 0 saturated heterocycles. The van der Waals surface area contributed by atoms with E-state index in [-0.39, 0.29) is 26.9 Å². The second kappa shape index (κ2) is 11.0. The normalized spacial score (nSPS) is 13.6. The lowest BCUT2D eigenvalue weighted by atomic mass is 9.78. The Labute approximate surface area is 241 Å². The minimum atomic E-state index is -0.680. The molecular weight excluding hydrogens is 547 g/mol. The predicted octanol–water partition coefficient (Wildman–Crippen LogP) is 7.32. The Kier molecular flexibility index (Phi) is 7.48. The van der Waals surface area contributed by atoms with Crippen molar-refractivity contribution in [3.8, 4) is 5.75 Å². The number of esters is 1. The molecule has 2 amide bonds. The van der Waals surface area contributed by atoms with Crippen LogP contribution in [0.5, 0.6) is 5.75 Å². The molecule has 6 nitrogen and oxygen atoms in total. The zero-order chi connectivity index (χ0) is 28.4. The number of ether oxygens (including phenoxy) is 1. The quantitative estimate of drug-likeness (QED) is 0.143. The van der Waals surface area contributed by atoms with E-state index in [0.717, 1.165) is 10.5 Å². The number of benzene rings is 4. The van der Waals surface area contributed by atoms with Crippen LogP contribution in [-0.4, -0.2) is 17.8 Å². The number of hydrogen-bond donors (Lipinski definition) is 1. The van der Waals surface area contributed by atoms with E-state index in [0.29, 0.717) is 17.0 Å². The van der Waals surface area contributed by atoms with Crippen LogP contribution in [0.3, 0.4) is 0 Å². The fraction of sp³-hybridized carbons (Fsp3) is 0.0938. The van der Waals surface area contributed by atoms with Gasteiger partial charge in [0.2, 0.25) is 0 Å². The van der Waals surface area contributed by atoms with Gasteiger partial charge in [0.05, 0.1) is 16.3 Å². The maximum atomic E-state index is 13.0. The number of anilines is 2. The van der Waals surface area contributed by atoms with E-state index in [1.165, 1.54) is 5.56 Å². The minimum Gasteiger partial charge on any atom is -0.423 e. The van der Waals surface area contributed by atoms with Gasteiger partial charge < -0.3 is 10.1 Å². The van der Waals surface area contributed by atoms with Gasteiger partial charge in [-0.3, -0.25) is 9.59 Å². The van der Waals surface area contributed by atoms with E-state index in [2.05, 4.69) is 31.3 Å². The Morgan fingerprint density at radius 1 is 0.750 bits per heavy atom. The summed E-state index contributed by atoms with van der Waals surface area (Å²) in [7, 11) is 0. The van der Waals surface area contributed by atoms with Crippen LogP contribution in [0.2, 0.25) is 5.02 Å². The van der Waals surface area contributed by atoms with E-state index < -0.39 is 17.8 Å². The molecule has 40 heavy (non-hydrogen) atoms. The van der Waals surface area contributed by atoms with Crippen LogP contribution in [0, 0.1) is 0 Å². The first kappa shape index (κ1) is 27.2. The lowest BCUT2D eigenvalue weighted by Gasteiger charge is -2.26. The smallest absolute Gasteiger partial charge is 0.343 e. The maximum absolute atomic E-state index is 13.0. The van der Waals surface area contributed by atoms with Crippen molar-refractivity contribution in [2.75, 3.05) is 10.2 Å². The molecule has 0 bridgehead atoms. The standard InChI is InChI=1S/C32H24Cl2N2O4/c1-32(2,21-8-4-3-5-9-21)22-14-18-24(19-15-22)40-31(39)20-12-16-23(17-13-20)35-28-27(34)29(37)36(30(28)38)26-11-7-6-10-25(26)33/h3-19,35H,1-2H3. The summed E-state index contributed by atoms with van der Waals surface area (Å²) in [6.07, 6.45) is 0. The molecule has 4 aromatic carbocycles. The van der Waals surface area contributed by atoms with Crippen LogP contribution >= 0.6 is 23.2 Å². The SMILES string of the molecule is CC(C)(c1ccccc1)c1ccc(OC(=O)c2ccc(NC3=C(Cl)C(=O)N(c4ccccc4Cl)C3=O)cc2)cc1. The number of rotatable bonds is 7. The van der Waals surface area contributed by atoms with Gasteiger partial charge in [-0.25, -0.2) is 9.69 Å². The number of nitrogens with zero attached hydrogens (tertiary/aromatic N) is 1. The zero-order valence-electron chi connectivity index (χ0n) is 21.7. The summed E-state index contributed by atoms with van der Waals surface area (Å²) >= 11 is 12.4. The number of imide groups is 1. The first-order valence-corrected chi connectivity index (χ1v) is 13.2. The Balaban J connectivity index is 1.25. The highest BCUT2D eigenvalue weighted by molar-refractivity contribution is 6.53. The zero-order valence-corrected chi connectivity index (χ0v) is 23.2. The number of para-hydroxylation sites is 1. The molecule has 4 aromatic rings. The molecule has 5 rings (SSSR count). The highest BCUT2D eigenvalue weighted by Gasteiger charge is 2.39. The average Bonchev–Trinajstić information content (AvgIpc) is 3.17. The highest BCUT2D eigenvalue weighted by Crippen LogP contribution is 2.35. The first-order valence-electron chi connectivity index (χ1n) is 12.5. The summed E-state index contributed by atoms with van der Waals surface area (Å²) in [6, 6.07) is 30.4. The van der Waals surface area contributed by atoms with Gasteiger partial charge in [0.25, 0.3) is 11.8 Å². The number of amides is 2. The lowest BCUT2D eigenvalue weighted by molar-refractivity contribution is -0.120. The topological polar surface area (TPSA) is 75.7 Å². The molecule has 0 aliphatic carbocycles. The molecule has 0 fully saturated rings. The van der Waals surface area contributed by atoms with Crippen molar-refractivity contribution in [3.05, 3.63) is 136 Å².